The lowest BCUT2D eigenvalue weighted by molar-refractivity contribution is -0.144. The van der Waals surface area contributed by atoms with Crippen LogP contribution >= 0.6 is 12.4 Å². The molecule has 0 saturated heterocycles. The molecule has 0 fully saturated rings. The van der Waals surface area contributed by atoms with E-state index in [4.69, 9.17) is 4.74 Å². The Labute approximate surface area is 73.2 Å². The number of likely N-dealkylation sites (N-methyl/N-ethyl adjacent to an activating group) is 1. The molecule has 0 aliphatic carbocycles. The average Bonchev–Trinajstić information content (AvgIpc) is 1.98. The fraction of sp³-hybridized carbons (Fsp3) is 0.571. The smallest absolute Gasteiger partial charge is 0.323 e. The molecule has 1 N–H and O–H groups in total. The van der Waals surface area contributed by atoms with Crippen molar-refractivity contribution in [3.05, 3.63) is 12.7 Å². The van der Waals surface area contributed by atoms with Crippen LogP contribution in [0.25, 0.3) is 0 Å². The van der Waals surface area contributed by atoms with Gasteiger partial charge in [-0.15, -0.1) is 12.4 Å². The van der Waals surface area contributed by atoms with Crippen molar-refractivity contribution < 1.29 is 9.53 Å². The molecule has 0 radical (unpaired) electrons. The first-order valence-electron chi connectivity index (χ1n) is 3.17. The predicted molar refractivity (Wildman–Crippen MR) is 46.9 cm³/mol. The molecule has 0 heterocycles. The number of rotatable bonds is 4. The molecular weight excluding hydrogens is 166 g/mol. The molecule has 0 aromatic heterocycles. The second kappa shape index (κ2) is 7.57. The van der Waals surface area contributed by atoms with Crippen molar-refractivity contribution in [3.8, 4) is 0 Å². The van der Waals surface area contributed by atoms with Gasteiger partial charge in [-0.25, -0.2) is 0 Å². The molecule has 0 unspecified atom stereocenters. The minimum atomic E-state index is -0.248. The maximum Gasteiger partial charge on any atom is 0.323 e. The molecule has 0 aromatic rings. The Morgan fingerprint density at radius 2 is 2.36 bits per heavy atom. The molecule has 0 aliphatic heterocycles. The van der Waals surface area contributed by atoms with Gasteiger partial charge in [0.25, 0.3) is 0 Å². The highest BCUT2D eigenvalue weighted by Crippen LogP contribution is 1.85. The Kier molecular flexibility index (Phi) is 9.00. The van der Waals surface area contributed by atoms with Gasteiger partial charge in [-0.3, -0.25) is 4.79 Å². The van der Waals surface area contributed by atoms with E-state index >= 15 is 0 Å². The first-order chi connectivity index (χ1) is 4.72. The van der Waals surface area contributed by atoms with Crippen molar-refractivity contribution in [2.24, 2.45) is 0 Å². The maximum atomic E-state index is 10.8. The third-order valence-corrected chi connectivity index (χ3v) is 1.13. The molecular formula is C7H14ClNO2. The van der Waals surface area contributed by atoms with E-state index in [-0.39, 0.29) is 31.0 Å². The Balaban J connectivity index is 0. The lowest BCUT2D eigenvalue weighted by Crippen LogP contribution is -2.32. The van der Waals surface area contributed by atoms with E-state index in [0.29, 0.717) is 0 Å². The van der Waals surface area contributed by atoms with Gasteiger partial charge in [0.05, 0.1) is 0 Å². The summed E-state index contributed by atoms with van der Waals surface area (Å²) in [5, 5.41) is 2.76. The zero-order valence-electron chi connectivity index (χ0n) is 6.79. The molecule has 0 rings (SSSR count). The minimum Gasteiger partial charge on any atom is -0.460 e. The van der Waals surface area contributed by atoms with Crippen molar-refractivity contribution in [1.82, 2.24) is 5.32 Å². The van der Waals surface area contributed by atoms with Gasteiger partial charge in [-0.05, 0) is 14.0 Å². The van der Waals surface area contributed by atoms with E-state index in [1.807, 2.05) is 0 Å². The first-order valence-corrected chi connectivity index (χ1v) is 3.17. The molecule has 11 heavy (non-hydrogen) atoms. The largest absolute Gasteiger partial charge is 0.460 e. The number of halogens is 1. The van der Waals surface area contributed by atoms with E-state index in [1.54, 1.807) is 20.0 Å². The fourth-order valence-electron chi connectivity index (χ4n) is 0.384. The highest BCUT2D eigenvalue weighted by Gasteiger charge is 2.09. The van der Waals surface area contributed by atoms with Crippen LogP contribution in [-0.4, -0.2) is 25.7 Å². The lowest BCUT2D eigenvalue weighted by atomic mass is 10.3. The Morgan fingerprint density at radius 3 is 2.73 bits per heavy atom. The van der Waals surface area contributed by atoms with Crippen LogP contribution in [0, 0.1) is 0 Å². The molecule has 3 nitrogen and oxygen atoms in total. The van der Waals surface area contributed by atoms with E-state index in [9.17, 15) is 4.79 Å². The van der Waals surface area contributed by atoms with Crippen molar-refractivity contribution in [3.63, 3.8) is 0 Å². The summed E-state index contributed by atoms with van der Waals surface area (Å²) in [6, 6.07) is -0.236. The van der Waals surface area contributed by atoms with Crippen LogP contribution in [0.15, 0.2) is 12.7 Å². The van der Waals surface area contributed by atoms with Crippen LogP contribution in [0.2, 0.25) is 0 Å². The maximum absolute atomic E-state index is 10.8. The number of nitrogens with one attached hydrogen (secondary N) is 1. The molecule has 0 spiro atoms. The van der Waals surface area contributed by atoms with Crippen molar-refractivity contribution in [1.29, 1.82) is 0 Å². The zero-order chi connectivity index (χ0) is 7.98. The summed E-state index contributed by atoms with van der Waals surface area (Å²) < 4.78 is 4.72. The van der Waals surface area contributed by atoms with Crippen LogP contribution < -0.4 is 5.32 Å². The topological polar surface area (TPSA) is 38.3 Å². The minimum absolute atomic E-state index is 0. The third-order valence-electron chi connectivity index (χ3n) is 1.13. The Hall–Kier alpha value is -0.540. The quantitative estimate of drug-likeness (QED) is 0.511. The van der Waals surface area contributed by atoms with E-state index in [2.05, 4.69) is 11.9 Å². The van der Waals surface area contributed by atoms with Crippen molar-refractivity contribution in [2.45, 2.75) is 13.0 Å². The highest BCUT2D eigenvalue weighted by molar-refractivity contribution is 5.85. The molecule has 0 aromatic carbocycles. The summed E-state index contributed by atoms with van der Waals surface area (Å²) in [4.78, 5) is 10.8. The van der Waals surface area contributed by atoms with Crippen LogP contribution in [0.5, 0.6) is 0 Å². The average molecular weight is 180 g/mol. The fourth-order valence-corrected chi connectivity index (χ4v) is 0.384. The van der Waals surface area contributed by atoms with E-state index in [1.165, 1.54) is 0 Å². The zero-order valence-corrected chi connectivity index (χ0v) is 7.61. The number of hydrogen-bond donors (Lipinski definition) is 1. The summed E-state index contributed by atoms with van der Waals surface area (Å²) >= 11 is 0. The second-order valence-electron chi connectivity index (χ2n) is 1.93. The molecule has 0 amide bonds. The monoisotopic (exact) mass is 179 g/mol. The van der Waals surface area contributed by atoms with Gasteiger partial charge in [0, 0.05) is 0 Å². The summed E-state index contributed by atoms with van der Waals surface area (Å²) in [7, 11) is 1.71. The van der Waals surface area contributed by atoms with Crippen LogP contribution in [-0.2, 0) is 9.53 Å². The van der Waals surface area contributed by atoms with Crippen molar-refractivity contribution >= 4 is 18.4 Å². The standard InChI is InChI=1S/C7H13NO2.ClH/c1-4-5-10-7(9)6(2)8-3;/h4,6,8H,1,5H2,2-3H3;1H/t6-;/m0./s1. The molecule has 4 heteroatoms. The SMILES string of the molecule is C=CCOC(=O)[C@H](C)NC.Cl. The number of ether oxygens (including phenoxy) is 1. The van der Waals surface area contributed by atoms with Gasteiger partial charge in [-0.2, -0.15) is 0 Å². The molecule has 0 bridgehead atoms. The number of carbonyl (C=O) groups is 1. The van der Waals surface area contributed by atoms with Gasteiger partial charge in [0.1, 0.15) is 12.6 Å². The summed E-state index contributed by atoms with van der Waals surface area (Å²) in [6.45, 7) is 5.44. The predicted octanol–water partition coefficient (Wildman–Crippen LogP) is 0.745. The van der Waals surface area contributed by atoms with E-state index < -0.39 is 0 Å². The third kappa shape index (κ3) is 5.88. The summed E-state index contributed by atoms with van der Waals surface area (Å²) in [5.41, 5.74) is 0. The first kappa shape index (κ1) is 13.1. The van der Waals surface area contributed by atoms with Crippen LogP contribution in [0.3, 0.4) is 0 Å². The molecule has 66 valence electrons. The van der Waals surface area contributed by atoms with Crippen LogP contribution in [0.4, 0.5) is 0 Å². The molecule has 1 atom stereocenters. The second-order valence-corrected chi connectivity index (χ2v) is 1.93. The Bertz CT molecular complexity index is 128. The van der Waals surface area contributed by atoms with Gasteiger partial charge in [0.15, 0.2) is 0 Å². The van der Waals surface area contributed by atoms with Gasteiger partial charge in [0.2, 0.25) is 0 Å². The Morgan fingerprint density at radius 1 is 1.82 bits per heavy atom. The van der Waals surface area contributed by atoms with Gasteiger partial charge >= 0.3 is 5.97 Å². The lowest BCUT2D eigenvalue weighted by Gasteiger charge is -2.07. The molecule has 0 saturated carbocycles. The number of carbonyl (C=O) groups excluding carboxylic acids is 1. The van der Waals surface area contributed by atoms with Gasteiger partial charge in [-0.1, -0.05) is 12.7 Å². The van der Waals surface area contributed by atoms with Gasteiger partial charge < -0.3 is 10.1 Å². The highest BCUT2D eigenvalue weighted by atomic mass is 35.5. The van der Waals surface area contributed by atoms with E-state index in [0.717, 1.165) is 0 Å². The summed E-state index contributed by atoms with van der Waals surface area (Å²) in [6.07, 6.45) is 1.54. The number of hydrogen-bond acceptors (Lipinski definition) is 3. The molecule has 0 aliphatic rings. The normalized spacial score (nSPS) is 11.1. The summed E-state index contributed by atoms with van der Waals surface area (Å²) in [5.74, 6) is -0.248. The van der Waals surface area contributed by atoms with Crippen LogP contribution in [0.1, 0.15) is 6.92 Å². The number of esters is 1. The van der Waals surface area contributed by atoms with Crippen molar-refractivity contribution in [2.75, 3.05) is 13.7 Å².